The molecule has 5 nitrogen and oxygen atoms in total. The van der Waals surface area contributed by atoms with Crippen LogP contribution in [0, 0.1) is 12.8 Å². The molecule has 1 aliphatic carbocycles. The zero-order valence-electron chi connectivity index (χ0n) is 16.6. The Morgan fingerprint density at radius 3 is 2.46 bits per heavy atom. The van der Waals surface area contributed by atoms with Gasteiger partial charge in [-0.25, -0.2) is 4.98 Å². The van der Waals surface area contributed by atoms with E-state index >= 15 is 0 Å². The molecule has 0 atom stereocenters. The van der Waals surface area contributed by atoms with Crippen LogP contribution in [0.3, 0.4) is 0 Å². The van der Waals surface area contributed by atoms with Crippen LogP contribution in [0.15, 0.2) is 6.58 Å². The monoisotopic (exact) mass is 355 g/mol. The summed E-state index contributed by atoms with van der Waals surface area (Å²) in [4.78, 5) is 14.7. The summed E-state index contributed by atoms with van der Waals surface area (Å²) in [6, 6.07) is 0.685. The second-order valence-corrected chi connectivity index (χ2v) is 8.93. The number of hydrogen-bond acceptors (Lipinski definition) is 5. The van der Waals surface area contributed by atoms with E-state index in [-0.39, 0.29) is 5.54 Å². The number of likely N-dealkylation sites (tertiary alicyclic amines) is 1. The van der Waals surface area contributed by atoms with E-state index in [1.54, 1.807) is 0 Å². The summed E-state index contributed by atoms with van der Waals surface area (Å²) in [6.45, 7) is 15.3. The zero-order valence-corrected chi connectivity index (χ0v) is 16.6. The summed E-state index contributed by atoms with van der Waals surface area (Å²) in [5.74, 6) is 2.62. The number of aromatic nitrogens is 2. The molecule has 0 spiro atoms. The molecule has 0 bridgehead atoms. The van der Waals surface area contributed by atoms with Crippen molar-refractivity contribution in [3.8, 4) is 0 Å². The molecule has 3 fully saturated rings. The van der Waals surface area contributed by atoms with Crippen molar-refractivity contribution in [3.05, 3.63) is 17.8 Å². The van der Waals surface area contributed by atoms with Crippen LogP contribution in [0.2, 0.25) is 0 Å². The highest BCUT2D eigenvalue weighted by Crippen LogP contribution is 2.39. The number of piperidine rings is 1. The van der Waals surface area contributed by atoms with E-state index in [0.29, 0.717) is 6.04 Å². The van der Waals surface area contributed by atoms with E-state index in [1.165, 1.54) is 45.2 Å². The Morgan fingerprint density at radius 2 is 1.85 bits per heavy atom. The normalized spacial score (nSPS) is 29.8. The lowest BCUT2D eigenvalue weighted by Gasteiger charge is -2.48. The van der Waals surface area contributed by atoms with Crippen LogP contribution >= 0.6 is 0 Å². The van der Waals surface area contributed by atoms with Crippen molar-refractivity contribution in [1.82, 2.24) is 14.9 Å². The second kappa shape index (κ2) is 6.84. The number of anilines is 2. The van der Waals surface area contributed by atoms with E-state index in [2.05, 4.69) is 42.5 Å². The van der Waals surface area contributed by atoms with Gasteiger partial charge in [0.15, 0.2) is 0 Å². The van der Waals surface area contributed by atoms with Crippen LogP contribution in [0.25, 0.3) is 6.08 Å². The lowest BCUT2D eigenvalue weighted by molar-refractivity contribution is 0.138. The summed E-state index contributed by atoms with van der Waals surface area (Å²) in [7, 11) is 0. The number of hydrogen-bond donors (Lipinski definition) is 1. The molecule has 2 saturated heterocycles. The highest BCUT2D eigenvalue weighted by molar-refractivity contribution is 5.67. The molecule has 1 aromatic heterocycles. The first-order chi connectivity index (χ1) is 12.5. The summed E-state index contributed by atoms with van der Waals surface area (Å²) in [5, 5.41) is 3.60. The molecular formula is C21H33N5. The Labute approximate surface area is 157 Å². The van der Waals surface area contributed by atoms with Gasteiger partial charge in [0.2, 0.25) is 5.95 Å². The molecule has 0 aromatic carbocycles. The van der Waals surface area contributed by atoms with E-state index < -0.39 is 0 Å². The summed E-state index contributed by atoms with van der Waals surface area (Å²) >= 11 is 0. The molecule has 5 heteroatoms. The smallest absolute Gasteiger partial charge is 0.225 e. The quantitative estimate of drug-likeness (QED) is 0.872. The van der Waals surface area contributed by atoms with Gasteiger partial charge in [-0.15, -0.1) is 0 Å². The largest absolute Gasteiger partial charge is 0.353 e. The number of rotatable bonds is 5. The van der Waals surface area contributed by atoms with Crippen LogP contribution in [0.1, 0.15) is 57.2 Å². The van der Waals surface area contributed by atoms with Gasteiger partial charge in [-0.1, -0.05) is 26.0 Å². The Morgan fingerprint density at radius 1 is 1.15 bits per heavy atom. The van der Waals surface area contributed by atoms with Gasteiger partial charge in [0.1, 0.15) is 5.82 Å². The van der Waals surface area contributed by atoms with Crippen molar-refractivity contribution in [2.24, 2.45) is 5.92 Å². The minimum Gasteiger partial charge on any atom is -0.353 e. The molecule has 26 heavy (non-hydrogen) atoms. The number of nitrogens with one attached hydrogen (secondary N) is 1. The Balaban J connectivity index is 1.49. The Kier molecular flexibility index (Phi) is 4.68. The third-order valence-electron chi connectivity index (χ3n) is 6.40. The van der Waals surface area contributed by atoms with Crippen LogP contribution < -0.4 is 10.2 Å². The predicted molar refractivity (Wildman–Crippen MR) is 109 cm³/mol. The van der Waals surface area contributed by atoms with E-state index in [1.807, 2.05) is 6.08 Å². The van der Waals surface area contributed by atoms with Gasteiger partial charge in [-0.2, -0.15) is 4.98 Å². The fraction of sp³-hybridized carbons (Fsp3) is 0.714. The minimum atomic E-state index is 0.143. The van der Waals surface area contributed by atoms with Gasteiger partial charge in [-0.05, 0) is 58.5 Å². The topological polar surface area (TPSA) is 44.3 Å². The molecule has 142 valence electrons. The lowest BCUT2D eigenvalue weighted by Crippen LogP contribution is -2.61. The van der Waals surface area contributed by atoms with Crippen molar-refractivity contribution in [2.75, 3.05) is 36.4 Å². The van der Waals surface area contributed by atoms with E-state index in [4.69, 9.17) is 9.97 Å². The standard InChI is InChI=1S/C21H33N5/c1-5-18-16(3)22-20(24-21(4)11-15(2)12-21)23-19(18)26-13-17(14-26)25-9-7-6-8-10-25/h5,15,17H,1,6-14H2,2-4H3,(H,22,23,24). The van der Waals surface area contributed by atoms with E-state index in [0.717, 1.165) is 42.0 Å². The maximum absolute atomic E-state index is 4.91. The van der Waals surface area contributed by atoms with E-state index in [9.17, 15) is 0 Å². The molecule has 3 heterocycles. The van der Waals surface area contributed by atoms with Gasteiger partial charge in [-0.3, -0.25) is 4.90 Å². The predicted octanol–water partition coefficient (Wildman–Crippen LogP) is 3.70. The molecule has 4 rings (SSSR count). The van der Waals surface area contributed by atoms with Crippen LogP contribution in [0.4, 0.5) is 11.8 Å². The molecule has 1 aromatic rings. The molecule has 0 radical (unpaired) electrons. The molecule has 1 saturated carbocycles. The highest BCUT2D eigenvalue weighted by atomic mass is 15.3. The number of nitrogens with zero attached hydrogens (tertiary/aromatic N) is 4. The van der Waals surface area contributed by atoms with Crippen molar-refractivity contribution >= 4 is 17.8 Å². The molecule has 1 N–H and O–H groups in total. The van der Waals surface area contributed by atoms with Crippen molar-refractivity contribution in [1.29, 1.82) is 0 Å². The Bertz CT molecular complexity index is 667. The first-order valence-corrected chi connectivity index (χ1v) is 10.3. The summed E-state index contributed by atoms with van der Waals surface area (Å²) < 4.78 is 0. The number of aryl methyl sites for hydroxylation is 1. The van der Waals surface area contributed by atoms with Gasteiger partial charge in [0, 0.05) is 30.2 Å². The van der Waals surface area contributed by atoms with Crippen LogP contribution in [-0.2, 0) is 0 Å². The maximum Gasteiger partial charge on any atom is 0.225 e. The third-order valence-corrected chi connectivity index (χ3v) is 6.40. The molecular weight excluding hydrogens is 322 g/mol. The average molecular weight is 356 g/mol. The van der Waals surface area contributed by atoms with Crippen molar-refractivity contribution in [3.63, 3.8) is 0 Å². The van der Waals surface area contributed by atoms with Gasteiger partial charge in [0.05, 0.1) is 5.69 Å². The van der Waals surface area contributed by atoms with Crippen molar-refractivity contribution in [2.45, 2.75) is 64.5 Å². The maximum atomic E-state index is 4.91. The fourth-order valence-corrected chi connectivity index (χ4v) is 5.10. The molecule has 3 aliphatic rings. The Hall–Kier alpha value is -1.62. The average Bonchev–Trinajstić information content (AvgIpc) is 2.53. The summed E-state index contributed by atoms with van der Waals surface area (Å²) in [5.41, 5.74) is 2.24. The molecule has 0 amide bonds. The van der Waals surface area contributed by atoms with Crippen LogP contribution in [0.5, 0.6) is 0 Å². The molecule has 0 unspecified atom stereocenters. The lowest BCUT2D eigenvalue weighted by atomic mass is 9.70. The first kappa shape index (κ1) is 17.8. The second-order valence-electron chi connectivity index (χ2n) is 8.93. The van der Waals surface area contributed by atoms with Gasteiger partial charge in [0.25, 0.3) is 0 Å². The fourth-order valence-electron chi connectivity index (χ4n) is 5.10. The van der Waals surface area contributed by atoms with Gasteiger partial charge < -0.3 is 10.2 Å². The molecule has 2 aliphatic heterocycles. The highest BCUT2D eigenvalue weighted by Gasteiger charge is 2.39. The third kappa shape index (κ3) is 3.34. The van der Waals surface area contributed by atoms with Gasteiger partial charge >= 0.3 is 0 Å². The summed E-state index contributed by atoms with van der Waals surface area (Å²) in [6.07, 6.45) is 8.39. The van der Waals surface area contributed by atoms with Crippen LogP contribution in [-0.4, -0.2) is 52.6 Å². The SMILES string of the molecule is C=Cc1c(C)nc(NC2(C)CC(C)C2)nc1N1CC(N2CCCCC2)C1. The zero-order chi connectivity index (χ0) is 18.3. The minimum absolute atomic E-state index is 0.143. The van der Waals surface area contributed by atoms with Crippen molar-refractivity contribution < 1.29 is 0 Å². The first-order valence-electron chi connectivity index (χ1n) is 10.3.